The number of benzene rings is 2. The number of hydrogen-bond acceptors (Lipinski definition) is 5. The number of nitrogens with one attached hydrogen (secondary N) is 2. The van der Waals surface area contributed by atoms with E-state index < -0.39 is 0 Å². The lowest BCUT2D eigenvalue weighted by Gasteiger charge is -2.19. The topological polar surface area (TPSA) is 74.6 Å². The van der Waals surface area contributed by atoms with Crippen LogP contribution < -0.4 is 15.5 Å². The molecular formula is C26H25N3O3. The van der Waals surface area contributed by atoms with Crippen molar-refractivity contribution in [2.24, 2.45) is 0 Å². The second-order valence-electron chi connectivity index (χ2n) is 7.80. The molecule has 3 aromatic rings. The number of ketones is 1. The van der Waals surface area contributed by atoms with Gasteiger partial charge < -0.3 is 20.0 Å². The van der Waals surface area contributed by atoms with Crippen molar-refractivity contribution in [2.75, 3.05) is 29.9 Å². The third-order valence-electron chi connectivity index (χ3n) is 5.25. The molecule has 1 atom stereocenters. The van der Waals surface area contributed by atoms with Crippen LogP contribution in [0.1, 0.15) is 35.2 Å². The molecule has 32 heavy (non-hydrogen) atoms. The van der Waals surface area contributed by atoms with Crippen molar-refractivity contribution in [2.45, 2.75) is 19.4 Å². The number of hydrogen-bond donors (Lipinski definition) is 2. The van der Waals surface area contributed by atoms with Gasteiger partial charge in [0, 0.05) is 36.1 Å². The molecule has 0 radical (unpaired) electrons. The van der Waals surface area contributed by atoms with Crippen molar-refractivity contribution in [1.82, 2.24) is 5.32 Å². The summed E-state index contributed by atoms with van der Waals surface area (Å²) in [6.45, 7) is 3.79. The summed E-state index contributed by atoms with van der Waals surface area (Å²) in [6.07, 6.45) is 1.000. The number of furan rings is 1. The quantitative estimate of drug-likeness (QED) is 0.587. The molecule has 2 aromatic carbocycles. The smallest absolute Gasteiger partial charge is 0.291 e. The molecule has 0 spiro atoms. The third-order valence-corrected chi connectivity index (χ3v) is 5.25. The Bertz CT molecular complexity index is 1140. The van der Waals surface area contributed by atoms with E-state index in [-0.39, 0.29) is 17.5 Å². The number of rotatable bonds is 6. The normalized spacial score (nSPS) is 15.2. The Kier molecular flexibility index (Phi) is 6.69. The van der Waals surface area contributed by atoms with Crippen LogP contribution in [-0.2, 0) is 4.79 Å². The number of anilines is 2. The maximum atomic E-state index is 12.5. The largest absolute Gasteiger partial charge is 0.443 e. The highest BCUT2D eigenvalue weighted by atomic mass is 16.3. The fraction of sp³-hybridized carbons (Fsp3) is 0.231. The maximum Gasteiger partial charge on any atom is 0.291 e. The van der Waals surface area contributed by atoms with E-state index in [9.17, 15) is 9.59 Å². The van der Waals surface area contributed by atoms with Crippen LogP contribution in [0.3, 0.4) is 0 Å². The molecule has 0 saturated carbocycles. The van der Waals surface area contributed by atoms with Crippen molar-refractivity contribution < 1.29 is 14.0 Å². The molecule has 0 aliphatic carbocycles. The molecule has 162 valence electrons. The fourth-order valence-electron chi connectivity index (χ4n) is 3.58. The van der Waals surface area contributed by atoms with Crippen molar-refractivity contribution in [3.8, 4) is 11.8 Å². The first-order valence-corrected chi connectivity index (χ1v) is 10.6. The van der Waals surface area contributed by atoms with E-state index >= 15 is 0 Å². The van der Waals surface area contributed by atoms with E-state index in [4.69, 9.17) is 4.42 Å². The van der Waals surface area contributed by atoms with E-state index in [1.165, 1.54) is 0 Å². The zero-order valence-corrected chi connectivity index (χ0v) is 17.9. The van der Waals surface area contributed by atoms with Crippen molar-refractivity contribution in [3.63, 3.8) is 0 Å². The van der Waals surface area contributed by atoms with Crippen molar-refractivity contribution in [3.05, 3.63) is 83.8 Å². The second kappa shape index (κ2) is 9.99. The van der Waals surface area contributed by atoms with Gasteiger partial charge in [-0.05, 0) is 67.8 Å². The van der Waals surface area contributed by atoms with E-state index in [0.29, 0.717) is 24.0 Å². The molecular weight excluding hydrogens is 402 g/mol. The molecule has 1 unspecified atom stereocenters. The Hall–Kier alpha value is -3.82. The van der Waals surface area contributed by atoms with Gasteiger partial charge in [-0.25, -0.2) is 0 Å². The summed E-state index contributed by atoms with van der Waals surface area (Å²) >= 11 is 0. The molecule has 0 bridgehead atoms. The van der Waals surface area contributed by atoms with Gasteiger partial charge in [-0.3, -0.25) is 9.59 Å². The molecule has 2 heterocycles. The number of carbonyl (C=O) groups excluding carboxylic acids is 2. The first-order chi connectivity index (χ1) is 15.6. The van der Waals surface area contributed by atoms with Crippen LogP contribution in [0.15, 0.2) is 71.1 Å². The minimum absolute atomic E-state index is 0.149. The fourth-order valence-corrected chi connectivity index (χ4v) is 3.58. The van der Waals surface area contributed by atoms with Crippen LogP contribution in [0.5, 0.6) is 0 Å². The highest BCUT2D eigenvalue weighted by molar-refractivity contribution is 6.02. The number of carbonyl (C=O) groups is 2. The van der Waals surface area contributed by atoms with Gasteiger partial charge in [0.1, 0.15) is 5.78 Å². The highest BCUT2D eigenvalue weighted by Gasteiger charge is 2.22. The van der Waals surface area contributed by atoms with Crippen molar-refractivity contribution >= 4 is 23.1 Å². The van der Waals surface area contributed by atoms with Gasteiger partial charge in [-0.2, -0.15) is 0 Å². The minimum Gasteiger partial charge on any atom is -0.443 e. The molecule has 6 heteroatoms. The van der Waals surface area contributed by atoms with E-state index in [0.717, 1.165) is 30.8 Å². The average molecular weight is 428 g/mol. The van der Waals surface area contributed by atoms with Crippen LogP contribution in [0.25, 0.3) is 0 Å². The Morgan fingerprint density at radius 2 is 1.81 bits per heavy atom. The zero-order chi connectivity index (χ0) is 22.3. The predicted molar refractivity (Wildman–Crippen MR) is 125 cm³/mol. The molecule has 1 fully saturated rings. The van der Waals surface area contributed by atoms with Crippen LogP contribution in [0.2, 0.25) is 0 Å². The van der Waals surface area contributed by atoms with Gasteiger partial charge >= 0.3 is 0 Å². The van der Waals surface area contributed by atoms with Gasteiger partial charge in [0.2, 0.25) is 0 Å². The summed E-state index contributed by atoms with van der Waals surface area (Å²) in [5, 5.41) is 6.14. The SMILES string of the molecule is CC(=O)CNC1CCN(c2ccc(NC(=O)c3ccc(C#Cc4ccccc4)o3)cc2)C1. The summed E-state index contributed by atoms with van der Waals surface area (Å²) < 4.78 is 5.57. The third kappa shape index (κ3) is 5.65. The summed E-state index contributed by atoms with van der Waals surface area (Å²) in [7, 11) is 0. The molecule has 2 N–H and O–H groups in total. The summed E-state index contributed by atoms with van der Waals surface area (Å²) in [6, 6.07) is 21.0. The summed E-state index contributed by atoms with van der Waals surface area (Å²) in [5.41, 5.74) is 2.66. The molecule has 1 aliphatic rings. The molecule has 4 rings (SSSR count). The molecule has 1 saturated heterocycles. The Balaban J connectivity index is 1.32. The number of amides is 1. The van der Waals surface area contributed by atoms with Crippen LogP contribution >= 0.6 is 0 Å². The lowest BCUT2D eigenvalue weighted by Crippen LogP contribution is -2.35. The highest BCUT2D eigenvalue weighted by Crippen LogP contribution is 2.23. The first-order valence-electron chi connectivity index (χ1n) is 10.6. The van der Waals surface area contributed by atoms with Crippen molar-refractivity contribution in [1.29, 1.82) is 0 Å². The minimum atomic E-state index is -0.319. The van der Waals surface area contributed by atoms with Gasteiger partial charge in [0.25, 0.3) is 5.91 Å². The lowest BCUT2D eigenvalue weighted by molar-refractivity contribution is -0.116. The second-order valence-corrected chi connectivity index (χ2v) is 7.80. The van der Waals surface area contributed by atoms with Gasteiger partial charge in [0.05, 0.1) is 6.54 Å². The van der Waals surface area contributed by atoms with Crippen LogP contribution in [0, 0.1) is 11.8 Å². The Morgan fingerprint density at radius 1 is 1.03 bits per heavy atom. The Morgan fingerprint density at radius 3 is 2.56 bits per heavy atom. The number of Topliss-reactive ketones (excluding diaryl/α,β-unsaturated/α-hetero) is 1. The monoisotopic (exact) mass is 427 g/mol. The van der Waals surface area contributed by atoms with Gasteiger partial charge in [0.15, 0.2) is 11.5 Å². The first kappa shape index (κ1) is 21.4. The maximum absolute atomic E-state index is 12.5. The van der Waals surface area contributed by atoms with Gasteiger partial charge in [-0.15, -0.1) is 0 Å². The standard InChI is InChI=1S/C26H25N3O3/c1-19(30)17-27-22-15-16-29(18-22)23-10-8-21(9-11-23)28-26(31)25-14-13-24(32-25)12-7-20-5-3-2-4-6-20/h2-6,8-11,13-14,22,27H,15-18H2,1H3,(H,28,31). The van der Waals surface area contributed by atoms with Gasteiger partial charge in [-0.1, -0.05) is 24.1 Å². The van der Waals surface area contributed by atoms with Crippen LogP contribution in [-0.4, -0.2) is 37.4 Å². The van der Waals surface area contributed by atoms with E-state index in [2.05, 4.69) is 27.4 Å². The lowest BCUT2D eigenvalue weighted by atomic mass is 10.2. The zero-order valence-electron chi connectivity index (χ0n) is 17.9. The molecule has 1 aliphatic heterocycles. The van der Waals surface area contributed by atoms with E-state index in [1.807, 2.05) is 54.6 Å². The summed E-state index contributed by atoms with van der Waals surface area (Å²) in [5.74, 6) is 6.43. The van der Waals surface area contributed by atoms with Crippen LogP contribution in [0.4, 0.5) is 11.4 Å². The molecule has 1 amide bonds. The summed E-state index contributed by atoms with van der Waals surface area (Å²) in [4.78, 5) is 25.9. The Labute approximate surface area is 187 Å². The van der Waals surface area contributed by atoms with E-state index in [1.54, 1.807) is 19.1 Å². The average Bonchev–Trinajstić information content (AvgIpc) is 3.47. The molecule has 1 aromatic heterocycles. The molecule has 6 nitrogen and oxygen atoms in total. The number of nitrogens with zero attached hydrogens (tertiary/aromatic N) is 1. The predicted octanol–water partition coefficient (Wildman–Crippen LogP) is 3.69.